The molecular weight excluding hydrogens is 333 g/mol. The minimum atomic E-state index is -3.18. The van der Waals surface area contributed by atoms with Crippen molar-refractivity contribution in [2.75, 3.05) is 19.3 Å². The van der Waals surface area contributed by atoms with Gasteiger partial charge in [-0.15, -0.1) is 0 Å². The Morgan fingerprint density at radius 3 is 2.67 bits per heavy atom. The molecule has 0 radical (unpaired) electrons. The predicted molar refractivity (Wildman–Crippen MR) is 90.8 cm³/mol. The molecule has 1 aromatic carbocycles. The maximum Gasteiger partial charge on any atom is 0.208 e. The first-order valence-corrected chi connectivity index (χ1v) is 9.70. The summed E-state index contributed by atoms with van der Waals surface area (Å²) in [7, 11) is -3.18. The van der Waals surface area contributed by atoms with Gasteiger partial charge in [-0.3, -0.25) is 9.69 Å². The number of nitrogens with one attached hydrogen (secondary N) is 2. The Morgan fingerprint density at radius 1 is 1.29 bits per heavy atom. The Morgan fingerprint density at radius 2 is 2.00 bits per heavy atom. The molecule has 6 nitrogen and oxygen atoms in total. The van der Waals surface area contributed by atoms with E-state index in [2.05, 4.69) is 14.6 Å². The molecule has 0 atom stereocenters. The number of rotatable bonds is 4. The summed E-state index contributed by atoms with van der Waals surface area (Å²) < 4.78 is 38.4. The van der Waals surface area contributed by atoms with Gasteiger partial charge in [0.15, 0.2) is 5.43 Å². The summed E-state index contributed by atoms with van der Waals surface area (Å²) >= 11 is 0. The monoisotopic (exact) mass is 353 g/mol. The third-order valence-corrected chi connectivity index (χ3v) is 4.97. The van der Waals surface area contributed by atoms with Crippen LogP contribution in [-0.4, -0.2) is 43.7 Å². The summed E-state index contributed by atoms with van der Waals surface area (Å²) in [5.74, 6) is -0.429. The van der Waals surface area contributed by atoms with Gasteiger partial charge in [-0.05, 0) is 31.0 Å². The number of sulfonamides is 1. The molecule has 1 aliphatic rings. The molecule has 0 saturated carbocycles. The van der Waals surface area contributed by atoms with E-state index in [9.17, 15) is 17.6 Å². The Balaban J connectivity index is 1.68. The molecule has 24 heavy (non-hydrogen) atoms. The Labute approximate surface area is 139 Å². The van der Waals surface area contributed by atoms with Gasteiger partial charge in [-0.25, -0.2) is 17.5 Å². The van der Waals surface area contributed by atoms with E-state index in [4.69, 9.17) is 0 Å². The van der Waals surface area contributed by atoms with Gasteiger partial charge in [-0.2, -0.15) is 0 Å². The summed E-state index contributed by atoms with van der Waals surface area (Å²) in [4.78, 5) is 17.5. The maximum atomic E-state index is 13.2. The minimum Gasteiger partial charge on any atom is -0.357 e. The highest BCUT2D eigenvalue weighted by atomic mass is 32.2. The van der Waals surface area contributed by atoms with Gasteiger partial charge in [0.05, 0.1) is 6.26 Å². The Kier molecular flexibility index (Phi) is 4.71. The second-order valence-electron chi connectivity index (χ2n) is 6.29. The number of likely N-dealkylation sites (tertiary alicyclic amines) is 1. The number of benzene rings is 1. The van der Waals surface area contributed by atoms with Crippen LogP contribution in [-0.2, 0) is 16.6 Å². The molecule has 1 fully saturated rings. The van der Waals surface area contributed by atoms with E-state index in [0.717, 1.165) is 31.6 Å². The van der Waals surface area contributed by atoms with Gasteiger partial charge < -0.3 is 4.98 Å². The Bertz CT molecular complexity index is 902. The van der Waals surface area contributed by atoms with Crippen molar-refractivity contribution in [3.63, 3.8) is 0 Å². The molecule has 8 heteroatoms. The van der Waals surface area contributed by atoms with Gasteiger partial charge >= 0.3 is 0 Å². The largest absolute Gasteiger partial charge is 0.357 e. The minimum absolute atomic E-state index is 0.0325. The Hall–Kier alpha value is -1.77. The first kappa shape index (κ1) is 17.1. The lowest BCUT2D eigenvalue weighted by Gasteiger charge is -2.31. The van der Waals surface area contributed by atoms with Crippen molar-refractivity contribution in [1.29, 1.82) is 0 Å². The SMILES string of the molecule is CS(=O)(=O)NC1CCN(Cc2cc(=O)c3cc(F)ccc3[nH]2)CC1. The molecule has 0 amide bonds. The van der Waals surface area contributed by atoms with E-state index >= 15 is 0 Å². The fraction of sp³-hybridized carbons (Fsp3) is 0.438. The number of aromatic amines is 1. The second kappa shape index (κ2) is 6.62. The highest BCUT2D eigenvalue weighted by Crippen LogP contribution is 2.15. The van der Waals surface area contributed by atoms with E-state index in [1.165, 1.54) is 24.5 Å². The number of pyridine rings is 1. The van der Waals surface area contributed by atoms with Crippen LogP contribution < -0.4 is 10.2 Å². The van der Waals surface area contributed by atoms with Crippen LogP contribution in [0.4, 0.5) is 4.39 Å². The lowest BCUT2D eigenvalue weighted by atomic mass is 10.1. The number of nitrogens with zero attached hydrogens (tertiary/aromatic N) is 1. The summed E-state index contributed by atoms with van der Waals surface area (Å²) in [6.07, 6.45) is 2.63. The average molecular weight is 353 g/mol. The number of fused-ring (bicyclic) bond motifs is 1. The van der Waals surface area contributed by atoms with Crippen molar-refractivity contribution < 1.29 is 12.8 Å². The summed E-state index contributed by atoms with van der Waals surface area (Å²) in [6.45, 7) is 2.07. The normalized spacial score (nSPS) is 17.4. The van der Waals surface area contributed by atoms with Crippen LogP contribution in [0.1, 0.15) is 18.5 Å². The zero-order chi connectivity index (χ0) is 17.3. The average Bonchev–Trinajstić information content (AvgIpc) is 2.49. The van der Waals surface area contributed by atoms with Crippen molar-refractivity contribution >= 4 is 20.9 Å². The fourth-order valence-corrected chi connectivity index (χ4v) is 3.95. The molecule has 2 aromatic rings. The van der Waals surface area contributed by atoms with Crippen LogP contribution in [0.3, 0.4) is 0 Å². The van der Waals surface area contributed by atoms with Crippen molar-refractivity contribution in [3.05, 3.63) is 46.0 Å². The summed E-state index contributed by atoms with van der Waals surface area (Å²) in [6, 6.07) is 5.60. The highest BCUT2D eigenvalue weighted by Gasteiger charge is 2.21. The molecule has 1 saturated heterocycles. The van der Waals surface area contributed by atoms with Crippen LogP contribution in [0.5, 0.6) is 0 Å². The first-order valence-electron chi connectivity index (χ1n) is 7.81. The number of hydrogen-bond donors (Lipinski definition) is 2. The van der Waals surface area contributed by atoms with Crippen LogP contribution in [0, 0.1) is 5.82 Å². The van der Waals surface area contributed by atoms with Gasteiger partial charge in [0.25, 0.3) is 0 Å². The lowest BCUT2D eigenvalue weighted by molar-refractivity contribution is 0.198. The van der Waals surface area contributed by atoms with Crippen molar-refractivity contribution in [2.45, 2.75) is 25.4 Å². The third kappa shape index (κ3) is 4.19. The van der Waals surface area contributed by atoms with E-state index in [0.29, 0.717) is 17.4 Å². The van der Waals surface area contributed by atoms with E-state index in [-0.39, 0.29) is 11.5 Å². The fourth-order valence-electron chi connectivity index (χ4n) is 3.11. The number of H-pyrrole nitrogens is 1. The van der Waals surface area contributed by atoms with Crippen LogP contribution in [0.25, 0.3) is 10.9 Å². The smallest absolute Gasteiger partial charge is 0.208 e. The second-order valence-corrected chi connectivity index (χ2v) is 8.07. The topological polar surface area (TPSA) is 82.3 Å². The molecule has 2 heterocycles. The van der Waals surface area contributed by atoms with Gasteiger partial charge in [0.2, 0.25) is 10.0 Å². The molecular formula is C16H20FN3O3S. The summed E-state index contributed by atoms with van der Waals surface area (Å²) in [5.41, 5.74) is 1.19. The van der Waals surface area contributed by atoms with E-state index in [1.807, 2.05) is 0 Å². The maximum absolute atomic E-state index is 13.2. The quantitative estimate of drug-likeness (QED) is 0.865. The van der Waals surface area contributed by atoms with Crippen LogP contribution in [0.2, 0.25) is 0 Å². The molecule has 130 valence electrons. The van der Waals surface area contributed by atoms with Crippen molar-refractivity contribution in [1.82, 2.24) is 14.6 Å². The number of piperidine rings is 1. The predicted octanol–water partition coefficient (Wildman–Crippen LogP) is 1.18. The van der Waals surface area contributed by atoms with Gasteiger partial charge in [0, 0.05) is 48.3 Å². The highest BCUT2D eigenvalue weighted by molar-refractivity contribution is 7.88. The molecule has 0 spiro atoms. The van der Waals surface area contributed by atoms with Crippen molar-refractivity contribution in [2.24, 2.45) is 0 Å². The molecule has 0 aliphatic carbocycles. The standard InChI is InChI=1S/C16H20FN3O3S/c1-24(22,23)19-12-4-6-20(7-5-12)10-13-9-16(21)14-8-11(17)2-3-15(14)18-13/h2-3,8-9,12,19H,4-7,10H2,1H3,(H,18,21). The van der Waals surface area contributed by atoms with E-state index in [1.54, 1.807) is 6.07 Å². The number of aromatic nitrogens is 1. The van der Waals surface area contributed by atoms with Crippen molar-refractivity contribution in [3.8, 4) is 0 Å². The zero-order valence-electron chi connectivity index (χ0n) is 13.4. The number of hydrogen-bond acceptors (Lipinski definition) is 4. The third-order valence-electron chi connectivity index (χ3n) is 4.21. The molecule has 2 N–H and O–H groups in total. The van der Waals surface area contributed by atoms with Crippen LogP contribution >= 0.6 is 0 Å². The molecule has 0 unspecified atom stereocenters. The molecule has 1 aliphatic heterocycles. The van der Waals surface area contributed by atoms with Crippen LogP contribution in [0.15, 0.2) is 29.1 Å². The lowest BCUT2D eigenvalue weighted by Crippen LogP contribution is -2.44. The zero-order valence-corrected chi connectivity index (χ0v) is 14.2. The van der Waals surface area contributed by atoms with Gasteiger partial charge in [0.1, 0.15) is 5.82 Å². The van der Waals surface area contributed by atoms with E-state index < -0.39 is 15.8 Å². The van der Waals surface area contributed by atoms with Gasteiger partial charge in [-0.1, -0.05) is 0 Å². The molecule has 3 rings (SSSR count). The first-order chi connectivity index (χ1) is 11.3. The molecule has 1 aromatic heterocycles. The summed E-state index contributed by atoms with van der Waals surface area (Å²) in [5, 5.41) is 0.342. The number of halogens is 1. The molecule has 0 bridgehead atoms.